The highest BCUT2D eigenvalue weighted by Crippen LogP contribution is 2.12. The largest absolute Gasteiger partial charge is 0.295 e. The maximum absolute atomic E-state index is 11.1. The van der Waals surface area contributed by atoms with E-state index in [-0.39, 0.29) is 5.78 Å². The third-order valence-corrected chi connectivity index (χ3v) is 1.79. The fraction of sp³-hybridized carbons (Fsp3) is 0.700. The van der Waals surface area contributed by atoms with Crippen molar-refractivity contribution in [2.24, 2.45) is 5.92 Å². The minimum atomic E-state index is 0.214. The molecular formula is C10H18O. The third kappa shape index (κ3) is 4.77. The van der Waals surface area contributed by atoms with E-state index in [1.807, 2.05) is 0 Å². The predicted octanol–water partition coefficient (Wildman–Crippen LogP) is 2.96. The summed E-state index contributed by atoms with van der Waals surface area (Å²) >= 11 is 0. The molecule has 0 aromatic carbocycles. The molecule has 0 bridgehead atoms. The van der Waals surface area contributed by atoms with Crippen molar-refractivity contribution in [2.75, 3.05) is 0 Å². The van der Waals surface area contributed by atoms with Gasteiger partial charge in [0.25, 0.3) is 0 Å². The zero-order chi connectivity index (χ0) is 8.85. The van der Waals surface area contributed by atoms with Crippen LogP contribution in [-0.2, 0) is 4.79 Å². The zero-order valence-electron chi connectivity index (χ0n) is 7.81. The van der Waals surface area contributed by atoms with Gasteiger partial charge in [0.2, 0.25) is 0 Å². The fourth-order valence-corrected chi connectivity index (χ4v) is 1.09. The van der Waals surface area contributed by atoms with Crippen LogP contribution in [0.15, 0.2) is 12.2 Å². The number of carbonyl (C=O) groups excluding carboxylic acids is 1. The zero-order valence-corrected chi connectivity index (χ0v) is 7.81. The van der Waals surface area contributed by atoms with E-state index in [0.717, 1.165) is 12.8 Å². The van der Waals surface area contributed by atoms with Gasteiger partial charge in [-0.3, -0.25) is 4.79 Å². The van der Waals surface area contributed by atoms with Gasteiger partial charge in [0.05, 0.1) is 0 Å². The molecule has 0 saturated carbocycles. The maximum atomic E-state index is 11.1. The lowest BCUT2D eigenvalue weighted by Crippen LogP contribution is -2.05. The first-order valence-corrected chi connectivity index (χ1v) is 4.26. The number of allylic oxidation sites excluding steroid dienone is 1. The van der Waals surface area contributed by atoms with Crippen LogP contribution in [0.25, 0.3) is 0 Å². The highest BCUT2D eigenvalue weighted by atomic mass is 16.1. The van der Waals surface area contributed by atoms with Crippen molar-refractivity contribution in [2.45, 2.75) is 40.0 Å². The molecule has 1 atom stereocenters. The molecule has 64 valence electrons. The fourth-order valence-electron chi connectivity index (χ4n) is 1.09. The molecule has 0 radical (unpaired) electrons. The maximum Gasteiger partial charge on any atom is 0.158 e. The van der Waals surface area contributed by atoms with Crippen LogP contribution in [0.5, 0.6) is 0 Å². The topological polar surface area (TPSA) is 17.1 Å². The molecule has 0 aliphatic rings. The summed E-state index contributed by atoms with van der Waals surface area (Å²) in [5.41, 5.74) is 0.688. The molecule has 0 amide bonds. The Morgan fingerprint density at radius 1 is 1.55 bits per heavy atom. The van der Waals surface area contributed by atoms with Crippen LogP contribution in [0.4, 0.5) is 0 Å². The number of ketones is 1. The molecule has 0 heterocycles. The van der Waals surface area contributed by atoms with Crippen molar-refractivity contribution in [1.29, 1.82) is 0 Å². The van der Waals surface area contributed by atoms with Gasteiger partial charge in [0, 0.05) is 6.42 Å². The first-order valence-electron chi connectivity index (χ1n) is 4.26. The highest BCUT2D eigenvalue weighted by Gasteiger charge is 2.07. The molecule has 0 rings (SSSR count). The molecule has 1 nitrogen and oxygen atoms in total. The number of rotatable bonds is 5. The Morgan fingerprint density at radius 3 is 2.45 bits per heavy atom. The predicted molar refractivity (Wildman–Crippen MR) is 48.5 cm³/mol. The van der Waals surface area contributed by atoms with E-state index >= 15 is 0 Å². The average molecular weight is 154 g/mol. The van der Waals surface area contributed by atoms with Gasteiger partial charge in [0.15, 0.2) is 5.78 Å². The standard InChI is InChI=1S/C10H18O/c1-5-6-9(4)7-10(11)8(2)3/h9H,2,5-7H2,1,3-4H3. The molecule has 0 spiro atoms. The summed E-state index contributed by atoms with van der Waals surface area (Å²) in [5, 5.41) is 0. The van der Waals surface area contributed by atoms with E-state index in [1.54, 1.807) is 6.92 Å². The summed E-state index contributed by atoms with van der Waals surface area (Å²) in [6.45, 7) is 9.65. The van der Waals surface area contributed by atoms with E-state index in [1.165, 1.54) is 0 Å². The Morgan fingerprint density at radius 2 is 2.09 bits per heavy atom. The van der Waals surface area contributed by atoms with Gasteiger partial charge in [-0.05, 0) is 18.4 Å². The van der Waals surface area contributed by atoms with E-state index < -0.39 is 0 Å². The van der Waals surface area contributed by atoms with Gasteiger partial charge < -0.3 is 0 Å². The number of hydrogen-bond donors (Lipinski definition) is 0. The average Bonchev–Trinajstić information content (AvgIpc) is 1.87. The van der Waals surface area contributed by atoms with Crippen LogP contribution in [0, 0.1) is 5.92 Å². The van der Waals surface area contributed by atoms with E-state index in [4.69, 9.17) is 0 Å². The van der Waals surface area contributed by atoms with Gasteiger partial charge in [-0.2, -0.15) is 0 Å². The van der Waals surface area contributed by atoms with Gasteiger partial charge in [0.1, 0.15) is 0 Å². The van der Waals surface area contributed by atoms with Crippen LogP contribution < -0.4 is 0 Å². The van der Waals surface area contributed by atoms with Crippen LogP contribution in [-0.4, -0.2) is 5.78 Å². The van der Waals surface area contributed by atoms with E-state index in [2.05, 4.69) is 20.4 Å². The third-order valence-electron chi connectivity index (χ3n) is 1.79. The Kier molecular flexibility index (Phi) is 4.84. The second-order valence-corrected chi connectivity index (χ2v) is 3.30. The molecule has 0 fully saturated rings. The lowest BCUT2D eigenvalue weighted by atomic mass is 9.97. The summed E-state index contributed by atoms with van der Waals surface area (Å²) in [7, 11) is 0. The van der Waals surface area contributed by atoms with E-state index in [0.29, 0.717) is 17.9 Å². The number of hydrogen-bond acceptors (Lipinski definition) is 1. The lowest BCUT2D eigenvalue weighted by Gasteiger charge is -2.07. The SMILES string of the molecule is C=C(C)C(=O)CC(C)CCC. The van der Waals surface area contributed by atoms with Crippen LogP contribution >= 0.6 is 0 Å². The highest BCUT2D eigenvalue weighted by molar-refractivity contribution is 5.94. The molecular weight excluding hydrogens is 136 g/mol. The van der Waals surface area contributed by atoms with Gasteiger partial charge >= 0.3 is 0 Å². The van der Waals surface area contributed by atoms with Crippen molar-refractivity contribution in [3.8, 4) is 0 Å². The summed E-state index contributed by atoms with van der Waals surface area (Å²) in [6.07, 6.45) is 2.97. The van der Waals surface area contributed by atoms with Gasteiger partial charge in [-0.25, -0.2) is 0 Å². The Bertz CT molecular complexity index is 147. The van der Waals surface area contributed by atoms with Crippen LogP contribution in [0.2, 0.25) is 0 Å². The molecule has 0 N–H and O–H groups in total. The van der Waals surface area contributed by atoms with Crippen LogP contribution in [0.3, 0.4) is 0 Å². The summed E-state index contributed by atoms with van der Waals surface area (Å²) in [6, 6.07) is 0. The molecule has 0 aromatic heterocycles. The van der Waals surface area contributed by atoms with Crippen molar-refractivity contribution in [1.82, 2.24) is 0 Å². The quantitative estimate of drug-likeness (QED) is 0.556. The van der Waals surface area contributed by atoms with Crippen molar-refractivity contribution < 1.29 is 4.79 Å². The Balaban J connectivity index is 3.66. The number of carbonyl (C=O) groups is 1. The normalized spacial score (nSPS) is 12.6. The monoisotopic (exact) mass is 154 g/mol. The molecule has 0 aromatic rings. The van der Waals surface area contributed by atoms with Crippen molar-refractivity contribution in [3.05, 3.63) is 12.2 Å². The second kappa shape index (κ2) is 5.11. The summed E-state index contributed by atoms with van der Waals surface area (Å²) < 4.78 is 0. The minimum absolute atomic E-state index is 0.214. The molecule has 1 unspecified atom stereocenters. The second-order valence-electron chi connectivity index (χ2n) is 3.30. The van der Waals surface area contributed by atoms with Gasteiger partial charge in [-0.1, -0.05) is 33.3 Å². The Hall–Kier alpha value is -0.590. The summed E-state index contributed by atoms with van der Waals surface area (Å²) in [4.78, 5) is 11.1. The molecule has 1 heteroatoms. The Labute approximate surface area is 69.5 Å². The lowest BCUT2D eigenvalue weighted by molar-refractivity contribution is -0.116. The minimum Gasteiger partial charge on any atom is -0.295 e. The summed E-state index contributed by atoms with van der Waals surface area (Å²) in [5.74, 6) is 0.732. The molecule has 0 saturated heterocycles. The van der Waals surface area contributed by atoms with Crippen molar-refractivity contribution in [3.63, 3.8) is 0 Å². The first kappa shape index (κ1) is 10.4. The van der Waals surface area contributed by atoms with Crippen LogP contribution in [0.1, 0.15) is 40.0 Å². The molecule has 0 aliphatic heterocycles. The van der Waals surface area contributed by atoms with Gasteiger partial charge in [-0.15, -0.1) is 0 Å². The molecule has 11 heavy (non-hydrogen) atoms. The van der Waals surface area contributed by atoms with E-state index in [9.17, 15) is 4.79 Å². The number of Topliss-reactive ketones (excluding diaryl/α,β-unsaturated/α-hetero) is 1. The smallest absolute Gasteiger partial charge is 0.158 e. The van der Waals surface area contributed by atoms with Crippen molar-refractivity contribution >= 4 is 5.78 Å². The first-order chi connectivity index (χ1) is 5.07. The molecule has 0 aliphatic carbocycles.